The van der Waals surface area contributed by atoms with Crippen LogP contribution in [-0.2, 0) is 0 Å². The smallest absolute Gasteiger partial charge is 0.267 e. The van der Waals surface area contributed by atoms with Crippen molar-refractivity contribution in [3.63, 3.8) is 0 Å². The maximum absolute atomic E-state index is 11.5. The van der Waals surface area contributed by atoms with Gasteiger partial charge in [-0.1, -0.05) is 0 Å². The first-order valence-corrected chi connectivity index (χ1v) is 4.26. The van der Waals surface area contributed by atoms with Crippen LogP contribution in [-0.4, -0.2) is 9.78 Å². The summed E-state index contributed by atoms with van der Waals surface area (Å²) in [4.78, 5) is 12.1. The van der Waals surface area contributed by atoms with Crippen LogP contribution < -0.4 is 5.56 Å². The van der Waals surface area contributed by atoms with Crippen molar-refractivity contribution in [3.8, 4) is 0 Å². The van der Waals surface area contributed by atoms with Crippen LogP contribution in [0.2, 0.25) is 0 Å². The Balaban J connectivity index is 3.37. The Labute approximate surface area is 76.8 Å². The van der Waals surface area contributed by atoms with Gasteiger partial charge >= 0.3 is 0 Å². The quantitative estimate of drug-likeness (QED) is 0.670. The van der Waals surface area contributed by atoms with Crippen molar-refractivity contribution in [1.82, 2.24) is 9.78 Å². The Morgan fingerprint density at radius 3 is 2.67 bits per heavy atom. The fourth-order valence-corrected chi connectivity index (χ4v) is 1.06. The predicted molar refractivity (Wildman–Crippen MR) is 50.9 cm³/mol. The molecule has 0 aliphatic carbocycles. The van der Waals surface area contributed by atoms with E-state index in [1.165, 1.54) is 4.68 Å². The summed E-state index contributed by atoms with van der Waals surface area (Å²) in [6, 6.07) is 0.102. The molecule has 0 N–H and O–H groups in total. The molecule has 0 fully saturated rings. The Morgan fingerprint density at radius 1 is 1.58 bits per heavy atom. The molecule has 12 heavy (non-hydrogen) atoms. The average molecular weight is 184 g/mol. The Kier molecular flexibility index (Phi) is 2.57. The molecule has 0 aliphatic heterocycles. The number of thiol groups is 1. The Bertz CT molecular complexity index is 343. The van der Waals surface area contributed by atoms with Crippen LogP contribution >= 0.6 is 12.6 Å². The van der Waals surface area contributed by atoms with Crippen LogP contribution in [0.1, 0.15) is 25.5 Å². The number of rotatable bonds is 1. The number of aromatic nitrogens is 2. The zero-order chi connectivity index (χ0) is 9.30. The standard InChI is InChI=1S/C8H12N2OS/c1-5(2)10-8(11)6(3)7(12)4-9-10/h4-5,12H,1-3H3. The van der Waals surface area contributed by atoms with Crippen LogP contribution in [0.5, 0.6) is 0 Å². The van der Waals surface area contributed by atoms with E-state index in [-0.39, 0.29) is 11.6 Å². The van der Waals surface area contributed by atoms with E-state index in [9.17, 15) is 4.79 Å². The topological polar surface area (TPSA) is 34.9 Å². The lowest BCUT2D eigenvalue weighted by Gasteiger charge is -2.08. The first kappa shape index (κ1) is 9.32. The van der Waals surface area contributed by atoms with Crippen LogP contribution in [0.3, 0.4) is 0 Å². The van der Waals surface area contributed by atoms with Crippen molar-refractivity contribution in [2.75, 3.05) is 0 Å². The molecule has 1 rings (SSSR count). The van der Waals surface area contributed by atoms with E-state index in [4.69, 9.17) is 0 Å². The molecule has 0 unspecified atom stereocenters. The first-order chi connectivity index (χ1) is 5.54. The van der Waals surface area contributed by atoms with Gasteiger partial charge in [-0.3, -0.25) is 4.79 Å². The van der Waals surface area contributed by atoms with Crippen molar-refractivity contribution in [2.45, 2.75) is 31.7 Å². The van der Waals surface area contributed by atoms with Crippen LogP contribution in [0, 0.1) is 6.92 Å². The van der Waals surface area contributed by atoms with Gasteiger partial charge in [0.25, 0.3) is 5.56 Å². The van der Waals surface area contributed by atoms with Crippen molar-refractivity contribution >= 4 is 12.6 Å². The van der Waals surface area contributed by atoms with E-state index in [0.29, 0.717) is 10.5 Å². The lowest BCUT2D eigenvalue weighted by Crippen LogP contribution is -2.26. The van der Waals surface area contributed by atoms with Gasteiger partial charge in [0.15, 0.2) is 0 Å². The molecule has 0 aliphatic rings. The molecule has 0 bridgehead atoms. The minimum absolute atomic E-state index is 0.0579. The van der Waals surface area contributed by atoms with Gasteiger partial charge < -0.3 is 0 Å². The van der Waals surface area contributed by atoms with Crippen molar-refractivity contribution in [2.24, 2.45) is 0 Å². The maximum atomic E-state index is 11.5. The monoisotopic (exact) mass is 184 g/mol. The molecule has 0 atom stereocenters. The number of hydrogen-bond acceptors (Lipinski definition) is 3. The number of hydrogen-bond donors (Lipinski definition) is 1. The van der Waals surface area contributed by atoms with Gasteiger partial charge in [0.1, 0.15) is 0 Å². The van der Waals surface area contributed by atoms with Crippen molar-refractivity contribution < 1.29 is 0 Å². The van der Waals surface area contributed by atoms with E-state index in [1.807, 2.05) is 13.8 Å². The molecule has 0 radical (unpaired) electrons. The zero-order valence-electron chi connectivity index (χ0n) is 7.40. The number of nitrogens with zero attached hydrogens (tertiary/aromatic N) is 2. The van der Waals surface area contributed by atoms with E-state index in [1.54, 1.807) is 13.1 Å². The van der Waals surface area contributed by atoms with Crippen LogP contribution in [0.4, 0.5) is 0 Å². The van der Waals surface area contributed by atoms with Gasteiger partial charge in [0.05, 0.1) is 12.2 Å². The largest absolute Gasteiger partial charge is 0.271 e. The average Bonchev–Trinajstić information content (AvgIpc) is 2.00. The van der Waals surface area contributed by atoms with Gasteiger partial charge in [0, 0.05) is 10.5 Å². The summed E-state index contributed by atoms with van der Waals surface area (Å²) < 4.78 is 1.45. The highest BCUT2D eigenvalue weighted by molar-refractivity contribution is 7.80. The van der Waals surface area contributed by atoms with Crippen LogP contribution in [0.15, 0.2) is 15.9 Å². The zero-order valence-corrected chi connectivity index (χ0v) is 8.30. The summed E-state index contributed by atoms with van der Waals surface area (Å²) >= 11 is 4.11. The molecule has 66 valence electrons. The third kappa shape index (κ3) is 1.53. The summed E-state index contributed by atoms with van der Waals surface area (Å²) in [5.41, 5.74) is 0.597. The Hall–Kier alpha value is -0.770. The Morgan fingerprint density at radius 2 is 2.17 bits per heavy atom. The molecule has 0 amide bonds. The van der Waals surface area contributed by atoms with Crippen LogP contribution in [0.25, 0.3) is 0 Å². The van der Waals surface area contributed by atoms with Gasteiger partial charge in [-0.15, -0.1) is 12.6 Å². The van der Waals surface area contributed by atoms with Crippen molar-refractivity contribution in [3.05, 3.63) is 22.1 Å². The molecule has 1 aromatic heterocycles. The fourth-order valence-electron chi connectivity index (χ4n) is 0.915. The summed E-state index contributed by atoms with van der Waals surface area (Å²) in [7, 11) is 0. The molecule has 0 saturated carbocycles. The lowest BCUT2D eigenvalue weighted by atomic mass is 10.3. The van der Waals surface area contributed by atoms with E-state index in [2.05, 4.69) is 17.7 Å². The second kappa shape index (κ2) is 3.31. The molecule has 0 aromatic carbocycles. The lowest BCUT2D eigenvalue weighted by molar-refractivity contribution is 0.495. The molecule has 1 heterocycles. The third-order valence-electron chi connectivity index (χ3n) is 1.71. The SMILES string of the molecule is Cc1c(S)cnn(C(C)C)c1=O. The molecular formula is C8H12N2OS. The maximum Gasteiger partial charge on any atom is 0.271 e. The van der Waals surface area contributed by atoms with Gasteiger partial charge in [0.2, 0.25) is 0 Å². The molecule has 3 nitrogen and oxygen atoms in total. The summed E-state index contributed by atoms with van der Waals surface area (Å²) in [6.07, 6.45) is 1.60. The highest BCUT2D eigenvalue weighted by atomic mass is 32.1. The highest BCUT2D eigenvalue weighted by Gasteiger charge is 2.06. The molecular weight excluding hydrogens is 172 g/mol. The summed E-state index contributed by atoms with van der Waals surface area (Å²) in [5, 5.41) is 3.97. The predicted octanol–water partition coefficient (Wildman–Crippen LogP) is 1.42. The highest BCUT2D eigenvalue weighted by Crippen LogP contribution is 2.06. The molecule has 4 heteroatoms. The minimum Gasteiger partial charge on any atom is -0.267 e. The summed E-state index contributed by atoms with van der Waals surface area (Å²) in [6.45, 7) is 5.60. The summed E-state index contributed by atoms with van der Waals surface area (Å²) in [5.74, 6) is 0. The molecule has 1 aromatic rings. The molecule has 0 spiro atoms. The first-order valence-electron chi connectivity index (χ1n) is 3.81. The second-order valence-corrected chi connectivity index (χ2v) is 3.48. The third-order valence-corrected chi connectivity index (χ3v) is 2.16. The van der Waals surface area contributed by atoms with E-state index in [0.717, 1.165) is 0 Å². The van der Waals surface area contributed by atoms with Gasteiger partial charge in [-0.2, -0.15) is 5.10 Å². The normalized spacial score (nSPS) is 10.8. The molecule has 0 saturated heterocycles. The second-order valence-electron chi connectivity index (χ2n) is 3.00. The fraction of sp³-hybridized carbons (Fsp3) is 0.500. The van der Waals surface area contributed by atoms with E-state index < -0.39 is 0 Å². The van der Waals surface area contributed by atoms with Gasteiger partial charge in [-0.25, -0.2) is 4.68 Å². The van der Waals surface area contributed by atoms with E-state index >= 15 is 0 Å². The van der Waals surface area contributed by atoms with Crippen molar-refractivity contribution in [1.29, 1.82) is 0 Å². The minimum atomic E-state index is -0.0579. The van der Waals surface area contributed by atoms with Gasteiger partial charge in [-0.05, 0) is 20.8 Å².